The smallest absolute Gasteiger partial charge is 0.222 e. The van der Waals surface area contributed by atoms with Gasteiger partial charge in [-0.05, 0) is 73.4 Å². The number of nitrogens with zero attached hydrogens (tertiary/aromatic N) is 1. The van der Waals surface area contributed by atoms with Gasteiger partial charge in [-0.3, -0.25) is 4.79 Å². The molecule has 1 aliphatic rings. The van der Waals surface area contributed by atoms with E-state index < -0.39 is 0 Å². The number of benzene rings is 2. The molecule has 0 aromatic heterocycles. The van der Waals surface area contributed by atoms with E-state index in [-0.39, 0.29) is 0 Å². The molecule has 146 valence electrons. The monoisotopic (exact) mass is 391 g/mol. The Bertz CT molecular complexity index is 796. The van der Waals surface area contributed by atoms with Crippen molar-refractivity contribution in [3.05, 3.63) is 71.3 Å². The van der Waals surface area contributed by atoms with E-state index in [9.17, 15) is 4.79 Å². The van der Waals surface area contributed by atoms with Crippen molar-refractivity contribution in [2.24, 2.45) is 5.92 Å². The maximum atomic E-state index is 12.2. The summed E-state index contributed by atoms with van der Waals surface area (Å²) < 4.78 is 0. The van der Waals surface area contributed by atoms with Crippen LogP contribution >= 0.6 is 11.8 Å². The Morgan fingerprint density at radius 3 is 2.29 bits per heavy atom. The first-order valence-electron chi connectivity index (χ1n) is 10.2. The number of carbonyl (C=O) groups excluding carboxylic acids is 1. The molecule has 0 aliphatic carbocycles. The summed E-state index contributed by atoms with van der Waals surface area (Å²) in [5.41, 5.74) is 3.47. The van der Waals surface area contributed by atoms with Crippen LogP contribution in [0.3, 0.4) is 0 Å². The van der Waals surface area contributed by atoms with Crippen LogP contribution in [0.5, 0.6) is 0 Å². The molecule has 3 heteroatoms. The average molecular weight is 392 g/mol. The molecule has 2 nitrogen and oxygen atoms in total. The molecule has 3 rings (SSSR count). The Labute approximate surface area is 173 Å². The number of rotatable bonds is 6. The molecule has 2 aromatic carbocycles. The molecule has 28 heavy (non-hydrogen) atoms. The molecule has 0 atom stereocenters. The summed E-state index contributed by atoms with van der Waals surface area (Å²) in [6, 6.07) is 18.7. The van der Waals surface area contributed by atoms with Gasteiger partial charge in [-0.15, -0.1) is 0 Å². The summed E-state index contributed by atoms with van der Waals surface area (Å²) in [7, 11) is 0. The molecule has 1 heterocycles. The number of carbonyl (C=O) groups is 1. The van der Waals surface area contributed by atoms with Crippen molar-refractivity contribution < 1.29 is 4.79 Å². The van der Waals surface area contributed by atoms with Crippen LogP contribution < -0.4 is 0 Å². The fourth-order valence-corrected chi connectivity index (χ4v) is 4.07. The van der Waals surface area contributed by atoms with Gasteiger partial charge in [0.05, 0.1) is 0 Å². The highest BCUT2D eigenvalue weighted by molar-refractivity contribution is 7.98. The van der Waals surface area contributed by atoms with Crippen molar-refractivity contribution in [2.45, 2.75) is 32.1 Å². The van der Waals surface area contributed by atoms with Gasteiger partial charge < -0.3 is 4.90 Å². The van der Waals surface area contributed by atoms with Crippen molar-refractivity contribution in [2.75, 3.05) is 25.1 Å². The van der Waals surface area contributed by atoms with E-state index in [2.05, 4.69) is 47.3 Å². The quantitative estimate of drug-likeness (QED) is 0.509. The minimum Gasteiger partial charge on any atom is -0.343 e. The zero-order chi connectivity index (χ0) is 19.6. The Morgan fingerprint density at radius 2 is 1.64 bits per heavy atom. The van der Waals surface area contributed by atoms with Gasteiger partial charge in [0.2, 0.25) is 5.91 Å². The predicted molar refractivity (Wildman–Crippen MR) is 119 cm³/mol. The van der Waals surface area contributed by atoms with E-state index in [0.717, 1.165) is 55.7 Å². The average Bonchev–Trinajstić information content (AvgIpc) is 2.75. The van der Waals surface area contributed by atoms with Gasteiger partial charge in [-0.1, -0.05) is 42.2 Å². The third kappa shape index (κ3) is 6.46. The van der Waals surface area contributed by atoms with E-state index in [1.807, 2.05) is 42.1 Å². The highest BCUT2D eigenvalue weighted by Gasteiger charge is 2.22. The molecule has 0 spiro atoms. The Kier molecular flexibility index (Phi) is 8.06. The van der Waals surface area contributed by atoms with Crippen molar-refractivity contribution in [1.29, 1.82) is 0 Å². The Balaban J connectivity index is 1.45. The highest BCUT2D eigenvalue weighted by atomic mass is 32.2. The zero-order valence-electron chi connectivity index (χ0n) is 16.7. The summed E-state index contributed by atoms with van der Waals surface area (Å²) in [4.78, 5) is 14.3. The topological polar surface area (TPSA) is 20.3 Å². The van der Waals surface area contributed by atoms with E-state index in [4.69, 9.17) is 0 Å². The van der Waals surface area contributed by atoms with Gasteiger partial charge in [-0.25, -0.2) is 0 Å². The SMILES string of the molecule is CSCCCC(=O)N1CCC(Cc2ccc(C#Cc3ccccc3)cc2)CC1. The molecule has 0 saturated carbocycles. The van der Waals surface area contributed by atoms with Crippen LogP contribution in [0.25, 0.3) is 0 Å². The Morgan fingerprint density at radius 1 is 1.00 bits per heavy atom. The largest absolute Gasteiger partial charge is 0.343 e. The number of hydrogen-bond acceptors (Lipinski definition) is 2. The Hall–Kier alpha value is -2.18. The van der Waals surface area contributed by atoms with Crippen LogP contribution in [-0.4, -0.2) is 35.9 Å². The number of likely N-dealkylation sites (tertiary alicyclic amines) is 1. The second kappa shape index (κ2) is 11.0. The molecule has 0 unspecified atom stereocenters. The third-order valence-corrected chi connectivity index (χ3v) is 6.01. The summed E-state index contributed by atoms with van der Waals surface area (Å²) in [6.45, 7) is 1.84. The van der Waals surface area contributed by atoms with Gasteiger partial charge in [-0.2, -0.15) is 11.8 Å². The van der Waals surface area contributed by atoms with Crippen molar-refractivity contribution >= 4 is 17.7 Å². The third-order valence-electron chi connectivity index (χ3n) is 5.31. The first-order valence-corrected chi connectivity index (χ1v) is 11.6. The summed E-state index contributed by atoms with van der Waals surface area (Å²) >= 11 is 1.82. The normalized spacial score (nSPS) is 14.4. The highest BCUT2D eigenvalue weighted by Crippen LogP contribution is 2.22. The van der Waals surface area contributed by atoms with E-state index in [0.29, 0.717) is 18.2 Å². The maximum Gasteiger partial charge on any atom is 0.222 e. The van der Waals surface area contributed by atoms with Gasteiger partial charge in [0.25, 0.3) is 0 Å². The maximum absolute atomic E-state index is 12.2. The number of hydrogen-bond donors (Lipinski definition) is 0. The van der Waals surface area contributed by atoms with E-state index in [1.54, 1.807) is 0 Å². The van der Waals surface area contributed by atoms with Gasteiger partial charge in [0, 0.05) is 30.6 Å². The lowest BCUT2D eigenvalue weighted by atomic mass is 9.90. The first-order chi connectivity index (χ1) is 13.7. The van der Waals surface area contributed by atoms with Gasteiger partial charge in [0.15, 0.2) is 0 Å². The minimum atomic E-state index is 0.342. The molecule has 1 saturated heterocycles. The molecule has 0 N–H and O–H groups in total. The molecule has 2 aromatic rings. The molecule has 1 amide bonds. The predicted octanol–water partition coefficient (Wildman–Crippen LogP) is 5.01. The number of thioether (sulfide) groups is 1. The molecule has 0 radical (unpaired) electrons. The summed E-state index contributed by atoms with van der Waals surface area (Å²) in [5, 5.41) is 0. The number of amides is 1. The zero-order valence-corrected chi connectivity index (χ0v) is 17.5. The van der Waals surface area contributed by atoms with Crippen molar-refractivity contribution in [3.8, 4) is 11.8 Å². The van der Waals surface area contributed by atoms with E-state index in [1.165, 1.54) is 5.56 Å². The molecule has 1 fully saturated rings. The van der Waals surface area contributed by atoms with Crippen LogP contribution in [0.4, 0.5) is 0 Å². The molecule has 1 aliphatic heterocycles. The minimum absolute atomic E-state index is 0.342. The van der Waals surface area contributed by atoms with Gasteiger partial charge in [0.1, 0.15) is 0 Å². The molecular formula is C25H29NOS. The fourth-order valence-electron chi connectivity index (χ4n) is 3.64. The van der Waals surface area contributed by atoms with Crippen LogP contribution in [0.2, 0.25) is 0 Å². The standard InChI is InChI=1S/C25H29NOS/c1-28-19-5-8-25(27)26-17-15-24(16-18-26)20-23-13-11-22(12-14-23)10-9-21-6-3-2-4-7-21/h2-4,6-7,11-14,24H,5,8,15-20H2,1H3. The van der Waals surface area contributed by atoms with Crippen molar-refractivity contribution in [1.82, 2.24) is 4.90 Å². The molecular weight excluding hydrogens is 362 g/mol. The van der Waals surface area contributed by atoms with Crippen LogP contribution in [0, 0.1) is 17.8 Å². The summed E-state index contributed by atoms with van der Waals surface area (Å²) in [6.07, 6.45) is 7.13. The molecule has 0 bridgehead atoms. The fraction of sp³-hybridized carbons (Fsp3) is 0.400. The van der Waals surface area contributed by atoms with Crippen LogP contribution in [0.1, 0.15) is 42.4 Å². The second-order valence-electron chi connectivity index (χ2n) is 7.44. The lowest BCUT2D eigenvalue weighted by Gasteiger charge is -2.32. The summed E-state index contributed by atoms with van der Waals surface area (Å²) in [5.74, 6) is 8.54. The number of piperidine rings is 1. The lowest BCUT2D eigenvalue weighted by Crippen LogP contribution is -2.38. The van der Waals surface area contributed by atoms with E-state index >= 15 is 0 Å². The van der Waals surface area contributed by atoms with Crippen molar-refractivity contribution in [3.63, 3.8) is 0 Å². The lowest BCUT2D eigenvalue weighted by molar-refractivity contribution is -0.132. The van der Waals surface area contributed by atoms with Gasteiger partial charge >= 0.3 is 0 Å². The van der Waals surface area contributed by atoms with Crippen LogP contribution in [-0.2, 0) is 11.2 Å². The van der Waals surface area contributed by atoms with Crippen LogP contribution in [0.15, 0.2) is 54.6 Å². The first kappa shape index (κ1) is 20.6. The second-order valence-corrected chi connectivity index (χ2v) is 8.42.